The van der Waals surface area contributed by atoms with Gasteiger partial charge in [0, 0.05) is 0 Å². The van der Waals surface area contributed by atoms with E-state index in [-0.39, 0.29) is 0 Å². The third kappa shape index (κ3) is 24.4. The van der Waals surface area contributed by atoms with Gasteiger partial charge in [0.25, 0.3) is 0 Å². The van der Waals surface area contributed by atoms with Gasteiger partial charge in [-0.2, -0.15) is 0 Å². The lowest BCUT2D eigenvalue weighted by atomic mass is 10.1. The van der Waals surface area contributed by atoms with Gasteiger partial charge in [0.2, 0.25) is 0 Å². The monoisotopic (exact) mass is 439 g/mol. The van der Waals surface area contributed by atoms with E-state index in [1.54, 1.807) is 0 Å². The lowest BCUT2D eigenvalue weighted by molar-refractivity contribution is 0.561. The molecule has 0 rings (SSSR count). The Labute approximate surface area is 195 Å². The first-order valence-electron chi connectivity index (χ1n) is 14.0. The molecule has 0 aromatic rings. The second-order valence-corrected chi connectivity index (χ2v) is 12.2. The van der Waals surface area contributed by atoms with E-state index < -0.39 is 0 Å². The largest absolute Gasteiger partial charge is 0.126 e. The Bertz CT molecular complexity index is 318. The minimum Gasteiger partial charge on any atom is -0.0758 e. The molecule has 0 unspecified atom stereocenters. The molecule has 0 radical (unpaired) electrons. The van der Waals surface area contributed by atoms with Crippen molar-refractivity contribution in [3.05, 3.63) is 11.6 Å². The maximum absolute atomic E-state index is 2.51. The minimum atomic E-state index is 0.653. The van der Waals surface area contributed by atoms with Crippen molar-refractivity contribution in [2.75, 3.05) is 17.3 Å². The molecule has 0 nitrogen and oxygen atoms in total. The van der Waals surface area contributed by atoms with Gasteiger partial charge in [0.1, 0.15) is 17.3 Å². The molecule has 0 aliphatic carbocycles. The molecule has 0 aliphatic heterocycles. The summed E-state index contributed by atoms with van der Waals surface area (Å²) in [6.45, 7) is 9.15. The first kappa shape index (κ1) is 30.1. The molecule has 0 aromatic heterocycles. The summed E-state index contributed by atoms with van der Waals surface area (Å²) < 4.78 is 0. The van der Waals surface area contributed by atoms with E-state index in [0.717, 1.165) is 0 Å². The van der Waals surface area contributed by atoms with Crippen molar-refractivity contribution in [1.82, 2.24) is 0 Å². The second kappa shape index (κ2) is 25.4. The topological polar surface area (TPSA) is 0 Å². The van der Waals surface area contributed by atoms with Crippen molar-refractivity contribution >= 4 is 10.9 Å². The van der Waals surface area contributed by atoms with Crippen molar-refractivity contribution in [2.45, 2.75) is 156 Å². The summed E-state index contributed by atoms with van der Waals surface area (Å²) in [7, 11) is 0.653. The number of allylic oxidation sites excluding steroid dienone is 1. The quantitative estimate of drug-likeness (QED) is 0.0796. The van der Waals surface area contributed by atoms with Gasteiger partial charge in [0.15, 0.2) is 0 Å². The van der Waals surface area contributed by atoms with Crippen LogP contribution >= 0.6 is 0 Å². The Morgan fingerprint density at radius 3 is 1.07 bits per heavy atom. The van der Waals surface area contributed by atoms with Crippen LogP contribution < -0.4 is 0 Å². The molecule has 0 aliphatic rings. The third-order valence-corrected chi connectivity index (χ3v) is 8.67. The van der Waals surface area contributed by atoms with Crippen LogP contribution in [0.1, 0.15) is 156 Å². The Kier molecular flexibility index (Phi) is 25.4. The van der Waals surface area contributed by atoms with Gasteiger partial charge in [-0.15, -0.1) is 0 Å². The van der Waals surface area contributed by atoms with E-state index in [4.69, 9.17) is 0 Å². The van der Waals surface area contributed by atoms with Crippen LogP contribution in [0.3, 0.4) is 0 Å². The molecule has 0 atom stereocenters. The highest BCUT2D eigenvalue weighted by Gasteiger charge is 2.15. The van der Waals surface area contributed by atoms with Crippen LogP contribution in [0.2, 0.25) is 0 Å². The van der Waals surface area contributed by atoms with Gasteiger partial charge in [-0.1, -0.05) is 122 Å². The van der Waals surface area contributed by atoms with Crippen molar-refractivity contribution in [3.8, 4) is 0 Å². The Morgan fingerprint density at radius 2 is 0.767 bits per heavy atom. The summed E-state index contributed by atoms with van der Waals surface area (Å²) in [4.78, 5) is 0. The summed E-state index contributed by atoms with van der Waals surface area (Å²) in [5.74, 6) is 4.35. The summed E-state index contributed by atoms with van der Waals surface area (Å²) in [5.41, 5.74) is 1.51. The molecule has 0 N–H and O–H groups in total. The summed E-state index contributed by atoms with van der Waals surface area (Å²) in [6, 6.07) is 0. The standard InChI is InChI=1S/C29H59S/c1-5-7-9-11-13-15-17-19-21-23-26-30(28-25-29(3)4)27-24-22-20-18-16-14-12-10-8-6-2/h25H,5-24,26-28H2,1-4H3/q+1. The van der Waals surface area contributed by atoms with Gasteiger partial charge < -0.3 is 0 Å². The van der Waals surface area contributed by atoms with Crippen LogP contribution in [0.4, 0.5) is 0 Å². The third-order valence-electron chi connectivity index (χ3n) is 6.30. The number of hydrogen-bond donors (Lipinski definition) is 0. The van der Waals surface area contributed by atoms with Crippen LogP contribution in [0.25, 0.3) is 0 Å². The summed E-state index contributed by atoms with van der Waals surface area (Å²) in [6.07, 6.45) is 31.7. The average Bonchev–Trinajstić information content (AvgIpc) is 2.73. The zero-order chi connectivity index (χ0) is 22.1. The molecule has 180 valence electrons. The molecule has 1 heteroatoms. The van der Waals surface area contributed by atoms with Crippen LogP contribution in [0, 0.1) is 0 Å². The van der Waals surface area contributed by atoms with Gasteiger partial charge >= 0.3 is 0 Å². The van der Waals surface area contributed by atoms with Crippen molar-refractivity contribution in [1.29, 1.82) is 0 Å². The van der Waals surface area contributed by atoms with Crippen LogP contribution in [-0.2, 0) is 10.9 Å². The van der Waals surface area contributed by atoms with Crippen molar-refractivity contribution < 1.29 is 0 Å². The first-order valence-corrected chi connectivity index (χ1v) is 15.7. The molecule has 0 amide bonds. The number of rotatable bonds is 24. The highest BCUT2D eigenvalue weighted by Crippen LogP contribution is 2.15. The van der Waals surface area contributed by atoms with E-state index in [9.17, 15) is 0 Å². The molecule has 0 saturated heterocycles. The fourth-order valence-corrected chi connectivity index (χ4v) is 6.47. The lowest BCUT2D eigenvalue weighted by Crippen LogP contribution is -2.15. The zero-order valence-electron chi connectivity index (χ0n) is 21.7. The number of hydrogen-bond acceptors (Lipinski definition) is 0. The van der Waals surface area contributed by atoms with E-state index in [2.05, 4.69) is 33.8 Å². The second-order valence-electron chi connectivity index (χ2n) is 9.83. The fraction of sp³-hybridized carbons (Fsp3) is 0.931. The normalized spacial score (nSPS) is 11.4. The van der Waals surface area contributed by atoms with Gasteiger partial charge in [-0.05, 0) is 56.5 Å². The Morgan fingerprint density at radius 1 is 0.467 bits per heavy atom. The maximum Gasteiger partial charge on any atom is 0.126 e. The molecule has 0 saturated carbocycles. The predicted octanol–water partition coefficient (Wildman–Crippen LogP) is 10.4. The zero-order valence-corrected chi connectivity index (χ0v) is 22.6. The number of unbranched alkanes of at least 4 members (excludes halogenated alkanes) is 18. The van der Waals surface area contributed by atoms with Crippen molar-refractivity contribution in [2.24, 2.45) is 0 Å². The molecule has 0 aromatic carbocycles. The Balaban J connectivity index is 3.67. The Hall–Kier alpha value is 0.0900. The van der Waals surface area contributed by atoms with E-state index >= 15 is 0 Å². The van der Waals surface area contributed by atoms with Gasteiger partial charge in [-0.25, -0.2) is 0 Å². The molecule has 30 heavy (non-hydrogen) atoms. The molecule has 0 heterocycles. The van der Waals surface area contributed by atoms with E-state index in [1.807, 2.05) is 0 Å². The highest BCUT2D eigenvalue weighted by molar-refractivity contribution is 7.96. The van der Waals surface area contributed by atoms with Gasteiger partial charge in [0.05, 0.1) is 0 Å². The SMILES string of the molecule is CCCCCCCCCCCC[S+](CC=C(C)C)CCCCCCCCCCCC. The molecular formula is C29H59S+. The molecule has 0 bridgehead atoms. The molecular weight excluding hydrogens is 380 g/mol. The van der Waals surface area contributed by atoms with Crippen LogP contribution in [0.5, 0.6) is 0 Å². The van der Waals surface area contributed by atoms with Crippen molar-refractivity contribution in [3.63, 3.8) is 0 Å². The van der Waals surface area contributed by atoms with E-state index in [0.29, 0.717) is 10.9 Å². The van der Waals surface area contributed by atoms with Gasteiger partial charge in [-0.3, -0.25) is 0 Å². The molecule has 0 spiro atoms. The first-order chi connectivity index (χ1) is 14.7. The van der Waals surface area contributed by atoms with E-state index in [1.165, 1.54) is 151 Å². The van der Waals surface area contributed by atoms with Crippen LogP contribution in [-0.4, -0.2) is 17.3 Å². The summed E-state index contributed by atoms with van der Waals surface area (Å²) >= 11 is 0. The van der Waals surface area contributed by atoms with Crippen LogP contribution in [0.15, 0.2) is 11.6 Å². The average molecular weight is 440 g/mol. The predicted molar refractivity (Wildman–Crippen MR) is 145 cm³/mol. The lowest BCUT2D eigenvalue weighted by Gasteiger charge is -2.08. The molecule has 0 fully saturated rings. The summed E-state index contributed by atoms with van der Waals surface area (Å²) in [5, 5.41) is 0. The fourth-order valence-electron chi connectivity index (χ4n) is 4.14. The minimum absolute atomic E-state index is 0.653. The smallest absolute Gasteiger partial charge is 0.0758 e. The highest BCUT2D eigenvalue weighted by atomic mass is 32.2. The maximum atomic E-state index is 2.51.